The van der Waals surface area contributed by atoms with Crippen molar-refractivity contribution in [1.29, 1.82) is 0 Å². The van der Waals surface area contributed by atoms with Crippen molar-refractivity contribution in [1.82, 2.24) is 20.3 Å². The van der Waals surface area contributed by atoms with Crippen molar-refractivity contribution in [3.05, 3.63) is 64.2 Å². The largest absolute Gasteiger partial charge is 0.497 e. The number of ether oxygens (including phenoxy) is 1. The Morgan fingerprint density at radius 1 is 1.27 bits per heavy atom. The van der Waals surface area contributed by atoms with Gasteiger partial charge in [0.05, 0.1) is 18.5 Å². The molecule has 0 bridgehead atoms. The van der Waals surface area contributed by atoms with Crippen molar-refractivity contribution in [2.45, 2.75) is 19.5 Å². The van der Waals surface area contributed by atoms with E-state index in [0.717, 1.165) is 16.0 Å². The second-order valence-corrected chi connectivity index (χ2v) is 5.75. The van der Waals surface area contributed by atoms with Gasteiger partial charge in [0.15, 0.2) is 5.82 Å². The Balaban J connectivity index is 1.74. The standard InChI is InChI=1S/C18H17FN4O3/c1-11(12-6-8-13(26-2)9-7-12)20-16(24)10-23-18(25)14-4-3-5-15(19)17(14)21-22-23/h3-9,11H,10H2,1-2H3,(H,20,24)/t11-/m0/s1. The molecule has 7 nitrogen and oxygen atoms in total. The molecular formula is C18H17FN4O3. The van der Waals surface area contributed by atoms with Crippen LogP contribution in [0.25, 0.3) is 10.9 Å². The van der Waals surface area contributed by atoms with E-state index in [1.165, 1.54) is 18.2 Å². The first-order valence-corrected chi connectivity index (χ1v) is 7.95. The van der Waals surface area contributed by atoms with Crippen molar-refractivity contribution < 1.29 is 13.9 Å². The fourth-order valence-corrected chi connectivity index (χ4v) is 2.57. The highest BCUT2D eigenvalue weighted by atomic mass is 19.1. The molecule has 0 radical (unpaired) electrons. The van der Waals surface area contributed by atoms with Gasteiger partial charge < -0.3 is 10.1 Å². The first kappa shape index (κ1) is 17.5. The van der Waals surface area contributed by atoms with Gasteiger partial charge in [-0.2, -0.15) is 0 Å². The molecule has 0 saturated heterocycles. The third kappa shape index (κ3) is 3.53. The third-order valence-corrected chi connectivity index (χ3v) is 3.99. The van der Waals surface area contributed by atoms with Crippen LogP contribution in [0.15, 0.2) is 47.3 Å². The molecule has 0 aliphatic heterocycles. The molecule has 2 aromatic carbocycles. The van der Waals surface area contributed by atoms with Crippen molar-refractivity contribution >= 4 is 16.8 Å². The van der Waals surface area contributed by atoms with E-state index in [1.54, 1.807) is 19.2 Å². The van der Waals surface area contributed by atoms with Gasteiger partial charge in [0.2, 0.25) is 5.91 Å². The van der Waals surface area contributed by atoms with E-state index in [4.69, 9.17) is 4.74 Å². The van der Waals surface area contributed by atoms with Gasteiger partial charge in [-0.1, -0.05) is 23.4 Å². The van der Waals surface area contributed by atoms with Crippen LogP contribution in [0.1, 0.15) is 18.5 Å². The zero-order valence-corrected chi connectivity index (χ0v) is 14.3. The number of fused-ring (bicyclic) bond motifs is 1. The van der Waals surface area contributed by atoms with Crippen molar-refractivity contribution in [2.24, 2.45) is 0 Å². The fourth-order valence-electron chi connectivity index (χ4n) is 2.57. The lowest BCUT2D eigenvalue weighted by Crippen LogP contribution is -2.35. The first-order chi connectivity index (χ1) is 12.5. The Morgan fingerprint density at radius 2 is 2.00 bits per heavy atom. The van der Waals surface area contributed by atoms with Crippen LogP contribution in [0.2, 0.25) is 0 Å². The Bertz CT molecular complexity index is 1000. The average Bonchev–Trinajstić information content (AvgIpc) is 2.64. The minimum absolute atomic E-state index is 0.0796. The Kier molecular flexibility index (Phi) is 4.92. The molecule has 1 N–H and O–H groups in total. The summed E-state index contributed by atoms with van der Waals surface area (Å²) in [5.74, 6) is -0.310. The topological polar surface area (TPSA) is 86.1 Å². The highest BCUT2D eigenvalue weighted by Gasteiger charge is 2.14. The molecule has 3 aromatic rings. The summed E-state index contributed by atoms with van der Waals surface area (Å²) in [6.45, 7) is 1.52. The second kappa shape index (κ2) is 7.30. The van der Waals surface area contributed by atoms with Crippen molar-refractivity contribution in [3.63, 3.8) is 0 Å². The van der Waals surface area contributed by atoms with E-state index in [0.29, 0.717) is 0 Å². The van der Waals surface area contributed by atoms with Gasteiger partial charge in [0.1, 0.15) is 17.8 Å². The SMILES string of the molecule is COc1ccc([C@H](C)NC(=O)Cn2nnc3c(F)cccc3c2=O)cc1. The van der Waals surface area contributed by atoms with E-state index < -0.39 is 17.3 Å². The Hall–Kier alpha value is -3.29. The maximum atomic E-state index is 13.6. The van der Waals surface area contributed by atoms with Crippen LogP contribution in [0.3, 0.4) is 0 Å². The van der Waals surface area contributed by atoms with Crippen LogP contribution in [0.4, 0.5) is 4.39 Å². The molecule has 3 rings (SSSR count). The van der Waals surface area contributed by atoms with Crippen molar-refractivity contribution in [2.75, 3.05) is 7.11 Å². The van der Waals surface area contributed by atoms with Gasteiger partial charge in [-0.15, -0.1) is 5.10 Å². The molecule has 0 unspecified atom stereocenters. The molecule has 0 aliphatic carbocycles. The summed E-state index contributed by atoms with van der Waals surface area (Å²) in [4.78, 5) is 24.6. The van der Waals surface area contributed by atoms with Crippen LogP contribution >= 0.6 is 0 Å². The van der Waals surface area contributed by atoms with E-state index >= 15 is 0 Å². The van der Waals surface area contributed by atoms with Crippen LogP contribution < -0.4 is 15.6 Å². The number of nitrogens with zero attached hydrogens (tertiary/aromatic N) is 3. The summed E-state index contributed by atoms with van der Waals surface area (Å²) in [5.41, 5.74) is 0.209. The molecule has 26 heavy (non-hydrogen) atoms. The van der Waals surface area contributed by atoms with E-state index in [-0.39, 0.29) is 23.5 Å². The summed E-state index contributed by atoms with van der Waals surface area (Å²) in [6, 6.07) is 11.1. The lowest BCUT2D eigenvalue weighted by atomic mass is 10.1. The number of hydrogen-bond donors (Lipinski definition) is 1. The number of aromatic nitrogens is 3. The minimum atomic E-state index is -0.628. The Labute approximate surface area is 148 Å². The number of halogens is 1. The Morgan fingerprint density at radius 3 is 2.69 bits per heavy atom. The predicted molar refractivity (Wildman–Crippen MR) is 93.3 cm³/mol. The second-order valence-electron chi connectivity index (χ2n) is 5.75. The number of amides is 1. The van der Waals surface area contributed by atoms with Crippen LogP contribution in [-0.4, -0.2) is 28.0 Å². The summed E-state index contributed by atoms with van der Waals surface area (Å²) in [5, 5.41) is 10.2. The number of carbonyl (C=O) groups is 1. The lowest BCUT2D eigenvalue weighted by Gasteiger charge is -2.15. The molecule has 0 aliphatic rings. The fraction of sp³-hybridized carbons (Fsp3) is 0.222. The van der Waals surface area contributed by atoms with Gasteiger partial charge in [0.25, 0.3) is 5.56 Å². The van der Waals surface area contributed by atoms with Crippen LogP contribution in [-0.2, 0) is 11.3 Å². The molecule has 0 fully saturated rings. The zero-order chi connectivity index (χ0) is 18.7. The number of benzene rings is 2. The van der Waals surface area contributed by atoms with Gasteiger partial charge in [-0.05, 0) is 36.8 Å². The maximum absolute atomic E-state index is 13.6. The molecule has 1 aromatic heterocycles. The normalized spacial score (nSPS) is 12.0. The monoisotopic (exact) mass is 356 g/mol. The minimum Gasteiger partial charge on any atom is -0.497 e. The van der Waals surface area contributed by atoms with Crippen LogP contribution in [0.5, 0.6) is 5.75 Å². The summed E-state index contributed by atoms with van der Waals surface area (Å²) < 4.78 is 19.6. The molecule has 1 heterocycles. The van der Waals surface area contributed by atoms with E-state index in [2.05, 4.69) is 15.6 Å². The van der Waals surface area contributed by atoms with Gasteiger partial charge in [0, 0.05) is 0 Å². The number of hydrogen-bond acceptors (Lipinski definition) is 5. The zero-order valence-electron chi connectivity index (χ0n) is 14.3. The number of rotatable bonds is 5. The van der Waals surface area contributed by atoms with Gasteiger partial charge in [-0.3, -0.25) is 9.59 Å². The summed E-state index contributed by atoms with van der Waals surface area (Å²) in [7, 11) is 1.58. The average molecular weight is 356 g/mol. The molecule has 1 amide bonds. The summed E-state index contributed by atoms with van der Waals surface area (Å²) >= 11 is 0. The first-order valence-electron chi connectivity index (χ1n) is 7.95. The molecule has 1 atom stereocenters. The van der Waals surface area contributed by atoms with Gasteiger partial charge in [-0.25, -0.2) is 9.07 Å². The molecule has 0 spiro atoms. The smallest absolute Gasteiger partial charge is 0.278 e. The quantitative estimate of drug-likeness (QED) is 0.754. The number of nitrogens with one attached hydrogen (secondary N) is 1. The highest BCUT2D eigenvalue weighted by Crippen LogP contribution is 2.17. The number of carbonyl (C=O) groups excluding carboxylic acids is 1. The van der Waals surface area contributed by atoms with Crippen molar-refractivity contribution in [3.8, 4) is 5.75 Å². The maximum Gasteiger partial charge on any atom is 0.278 e. The third-order valence-electron chi connectivity index (χ3n) is 3.99. The lowest BCUT2D eigenvalue weighted by molar-refractivity contribution is -0.122. The van der Waals surface area contributed by atoms with Gasteiger partial charge >= 0.3 is 0 Å². The predicted octanol–water partition coefficient (Wildman–Crippen LogP) is 1.82. The molecular weight excluding hydrogens is 339 g/mol. The van der Waals surface area contributed by atoms with E-state index in [1.807, 2.05) is 19.1 Å². The highest BCUT2D eigenvalue weighted by molar-refractivity contribution is 5.79. The molecule has 8 heteroatoms. The van der Waals surface area contributed by atoms with Crippen LogP contribution in [0, 0.1) is 5.82 Å². The molecule has 134 valence electrons. The summed E-state index contributed by atoms with van der Waals surface area (Å²) in [6.07, 6.45) is 0. The van der Waals surface area contributed by atoms with E-state index in [9.17, 15) is 14.0 Å². The molecule has 0 saturated carbocycles. The number of methoxy groups -OCH3 is 1.